The van der Waals surface area contributed by atoms with Crippen molar-refractivity contribution in [2.24, 2.45) is 0 Å². The standard InChI is InChI=1S/C12H24N2O4/c1-9(2)13(6-5-11(16)17)12(18)14(7-8-15)10(3)4/h9-10,15H,5-8H2,1-4H3,(H,16,17). The second-order valence-electron chi connectivity index (χ2n) is 4.72. The lowest BCUT2D eigenvalue weighted by Crippen LogP contribution is -2.50. The maximum Gasteiger partial charge on any atom is 0.320 e. The van der Waals surface area contributed by atoms with E-state index in [-0.39, 0.29) is 44.2 Å². The van der Waals surface area contributed by atoms with E-state index in [2.05, 4.69) is 0 Å². The van der Waals surface area contributed by atoms with Crippen LogP contribution in [0.4, 0.5) is 4.79 Å². The summed E-state index contributed by atoms with van der Waals surface area (Å²) in [4.78, 5) is 25.9. The lowest BCUT2D eigenvalue weighted by molar-refractivity contribution is -0.137. The van der Waals surface area contributed by atoms with E-state index < -0.39 is 5.97 Å². The number of rotatable bonds is 7. The van der Waals surface area contributed by atoms with Gasteiger partial charge in [0.15, 0.2) is 0 Å². The number of carboxylic acid groups (broad SMARTS) is 1. The van der Waals surface area contributed by atoms with Crippen molar-refractivity contribution >= 4 is 12.0 Å². The molecule has 0 aromatic carbocycles. The molecule has 2 amide bonds. The van der Waals surface area contributed by atoms with E-state index >= 15 is 0 Å². The lowest BCUT2D eigenvalue weighted by Gasteiger charge is -2.35. The van der Waals surface area contributed by atoms with E-state index in [0.717, 1.165) is 0 Å². The first-order valence-corrected chi connectivity index (χ1v) is 6.21. The minimum atomic E-state index is -0.924. The summed E-state index contributed by atoms with van der Waals surface area (Å²) in [5, 5.41) is 17.7. The average Bonchev–Trinajstić information content (AvgIpc) is 2.24. The fraction of sp³-hybridized carbons (Fsp3) is 0.833. The third kappa shape index (κ3) is 5.35. The van der Waals surface area contributed by atoms with Crippen molar-refractivity contribution in [3.63, 3.8) is 0 Å². The van der Waals surface area contributed by atoms with Crippen molar-refractivity contribution in [1.82, 2.24) is 9.80 Å². The molecule has 0 aromatic heterocycles. The van der Waals surface area contributed by atoms with Crippen molar-refractivity contribution in [2.45, 2.75) is 46.2 Å². The van der Waals surface area contributed by atoms with E-state index in [1.807, 2.05) is 27.7 Å². The number of aliphatic hydroxyl groups excluding tert-OH is 1. The normalized spacial score (nSPS) is 10.8. The van der Waals surface area contributed by atoms with Gasteiger partial charge in [0.25, 0.3) is 0 Å². The highest BCUT2D eigenvalue weighted by atomic mass is 16.4. The van der Waals surface area contributed by atoms with Gasteiger partial charge in [0.1, 0.15) is 0 Å². The summed E-state index contributed by atoms with van der Waals surface area (Å²) < 4.78 is 0. The number of nitrogens with zero attached hydrogens (tertiary/aromatic N) is 2. The Bertz CT molecular complexity index is 279. The number of hydrogen-bond donors (Lipinski definition) is 2. The molecule has 0 atom stereocenters. The van der Waals surface area contributed by atoms with E-state index in [0.29, 0.717) is 0 Å². The van der Waals surface area contributed by atoms with Crippen molar-refractivity contribution in [2.75, 3.05) is 19.7 Å². The summed E-state index contributed by atoms with van der Waals surface area (Å²) in [7, 11) is 0. The van der Waals surface area contributed by atoms with Crippen LogP contribution in [0.15, 0.2) is 0 Å². The number of hydrogen-bond acceptors (Lipinski definition) is 3. The molecule has 0 spiro atoms. The molecule has 0 rings (SSSR count). The second-order valence-corrected chi connectivity index (χ2v) is 4.72. The Balaban J connectivity index is 4.75. The van der Waals surface area contributed by atoms with Crippen molar-refractivity contribution in [3.8, 4) is 0 Å². The monoisotopic (exact) mass is 260 g/mol. The molecule has 2 N–H and O–H groups in total. The molecule has 0 aliphatic heterocycles. The van der Waals surface area contributed by atoms with Crippen LogP contribution >= 0.6 is 0 Å². The van der Waals surface area contributed by atoms with Gasteiger partial charge in [-0.05, 0) is 27.7 Å². The van der Waals surface area contributed by atoms with Gasteiger partial charge in [-0.2, -0.15) is 0 Å². The van der Waals surface area contributed by atoms with E-state index in [4.69, 9.17) is 10.2 Å². The molecule has 0 saturated carbocycles. The Kier molecular flexibility index (Phi) is 7.35. The number of carbonyl (C=O) groups excluding carboxylic acids is 1. The van der Waals surface area contributed by atoms with Gasteiger partial charge in [-0.25, -0.2) is 4.79 Å². The van der Waals surface area contributed by atoms with Gasteiger partial charge >= 0.3 is 12.0 Å². The molecule has 6 nitrogen and oxygen atoms in total. The molecule has 0 unspecified atom stereocenters. The number of urea groups is 1. The Labute approximate surface area is 108 Å². The first kappa shape index (κ1) is 16.7. The number of carboxylic acids is 1. The molecule has 0 aliphatic rings. The van der Waals surface area contributed by atoms with Crippen LogP contribution in [0.3, 0.4) is 0 Å². The largest absolute Gasteiger partial charge is 0.481 e. The molecule has 0 bridgehead atoms. The summed E-state index contributed by atoms with van der Waals surface area (Å²) >= 11 is 0. The zero-order valence-corrected chi connectivity index (χ0v) is 11.6. The Morgan fingerprint density at radius 1 is 1.00 bits per heavy atom. The van der Waals surface area contributed by atoms with Crippen molar-refractivity contribution < 1.29 is 19.8 Å². The van der Waals surface area contributed by atoms with Crippen LogP contribution in [-0.4, -0.2) is 63.8 Å². The highest BCUT2D eigenvalue weighted by Gasteiger charge is 2.25. The van der Waals surface area contributed by atoms with Crippen LogP contribution in [0.1, 0.15) is 34.1 Å². The number of aliphatic hydroxyl groups is 1. The Hall–Kier alpha value is -1.30. The van der Waals surface area contributed by atoms with Crippen LogP contribution in [-0.2, 0) is 4.79 Å². The minimum absolute atomic E-state index is 0.0317. The van der Waals surface area contributed by atoms with Crippen molar-refractivity contribution in [1.29, 1.82) is 0 Å². The molecule has 0 fully saturated rings. The molecule has 0 heterocycles. The van der Waals surface area contributed by atoms with E-state index in [1.54, 1.807) is 4.90 Å². The maximum atomic E-state index is 12.3. The van der Waals surface area contributed by atoms with Gasteiger partial charge < -0.3 is 20.0 Å². The summed E-state index contributed by atoms with van der Waals surface area (Å²) in [6.45, 7) is 7.75. The molecule has 0 aromatic rings. The van der Waals surface area contributed by atoms with Gasteiger partial charge in [0.2, 0.25) is 0 Å². The second kappa shape index (κ2) is 7.92. The number of amides is 2. The molecule has 0 radical (unpaired) electrons. The minimum Gasteiger partial charge on any atom is -0.481 e. The smallest absolute Gasteiger partial charge is 0.320 e. The third-order valence-electron chi connectivity index (χ3n) is 2.65. The summed E-state index contributed by atoms with van der Waals surface area (Å²) in [5.41, 5.74) is 0. The van der Waals surface area contributed by atoms with Gasteiger partial charge in [0, 0.05) is 25.2 Å². The molecule has 0 aliphatic carbocycles. The Morgan fingerprint density at radius 2 is 1.44 bits per heavy atom. The summed E-state index contributed by atoms with van der Waals surface area (Å²) in [6.07, 6.45) is -0.0744. The molecule has 0 saturated heterocycles. The van der Waals surface area contributed by atoms with Gasteiger partial charge in [-0.15, -0.1) is 0 Å². The molecule has 18 heavy (non-hydrogen) atoms. The number of aliphatic carboxylic acids is 1. The van der Waals surface area contributed by atoms with Crippen LogP contribution in [0.2, 0.25) is 0 Å². The van der Waals surface area contributed by atoms with E-state index in [9.17, 15) is 9.59 Å². The first-order valence-electron chi connectivity index (χ1n) is 6.21. The lowest BCUT2D eigenvalue weighted by atomic mass is 10.2. The molecular formula is C12H24N2O4. The van der Waals surface area contributed by atoms with Gasteiger partial charge in [0.05, 0.1) is 13.0 Å². The van der Waals surface area contributed by atoms with Crippen LogP contribution in [0.25, 0.3) is 0 Å². The summed E-state index contributed by atoms with van der Waals surface area (Å²) in [5.74, 6) is -0.924. The highest BCUT2D eigenvalue weighted by Crippen LogP contribution is 2.09. The maximum absolute atomic E-state index is 12.3. The fourth-order valence-corrected chi connectivity index (χ4v) is 1.64. The molecular weight excluding hydrogens is 236 g/mol. The van der Waals surface area contributed by atoms with Crippen molar-refractivity contribution in [3.05, 3.63) is 0 Å². The SMILES string of the molecule is CC(C)N(CCO)C(=O)N(CCC(=O)O)C(C)C. The van der Waals surface area contributed by atoms with Crippen LogP contribution < -0.4 is 0 Å². The van der Waals surface area contributed by atoms with Gasteiger partial charge in [-0.3, -0.25) is 4.79 Å². The third-order valence-corrected chi connectivity index (χ3v) is 2.65. The molecule has 6 heteroatoms. The quantitative estimate of drug-likeness (QED) is 0.715. The van der Waals surface area contributed by atoms with Crippen LogP contribution in [0, 0.1) is 0 Å². The predicted molar refractivity (Wildman–Crippen MR) is 68.4 cm³/mol. The zero-order valence-electron chi connectivity index (χ0n) is 11.6. The topological polar surface area (TPSA) is 81.1 Å². The summed E-state index contributed by atoms with van der Waals surface area (Å²) in [6, 6.07) is -0.331. The number of carbonyl (C=O) groups is 2. The van der Waals surface area contributed by atoms with Crippen LogP contribution in [0.5, 0.6) is 0 Å². The fourth-order valence-electron chi connectivity index (χ4n) is 1.64. The average molecular weight is 260 g/mol. The Morgan fingerprint density at radius 3 is 1.78 bits per heavy atom. The predicted octanol–water partition coefficient (Wildman–Crippen LogP) is 0.994. The van der Waals surface area contributed by atoms with E-state index in [1.165, 1.54) is 4.90 Å². The van der Waals surface area contributed by atoms with Gasteiger partial charge in [-0.1, -0.05) is 0 Å². The zero-order chi connectivity index (χ0) is 14.3. The molecule has 106 valence electrons. The first-order chi connectivity index (χ1) is 8.31. The highest BCUT2D eigenvalue weighted by molar-refractivity contribution is 5.76.